The number of aliphatic hydroxyl groups is 1. The Balaban J connectivity index is 2.92. The van der Waals surface area contributed by atoms with E-state index in [1.54, 1.807) is 13.8 Å². The maximum Gasteiger partial charge on any atom is 0.420 e. The molecule has 0 radical (unpaired) electrons. The van der Waals surface area contributed by atoms with Crippen LogP contribution in [0.4, 0.5) is 13.2 Å². The maximum absolute atomic E-state index is 12.2. The number of halogens is 3. The van der Waals surface area contributed by atoms with Gasteiger partial charge in [0.15, 0.2) is 11.9 Å². The molecule has 0 aliphatic carbocycles. The second-order valence-electron chi connectivity index (χ2n) is 4.20. The molecule has 1 rings (SSSR count). The van der Waals surface area contributed by atoms with Gasteiger partial charge in [0.2, 0.25) is 0 Å². The van der Waals surface area contributed by atoms with Crippen molar-refractivity contribution >= 4 is 5.78 Å². The molecule has 15 heavy (non-hydrogen) atoms. The summed E-state index contributed by atoms with van der Waals surface area (Å²) in [6, 6.07) is 0. The summed E-state index contributed by atoms with van der Waals surface area (Å²) in [6.07, 6.45) is -6.46. The van der Waals surface area contributed by atoms with Crippen LogP contribution in [0.15, 0.2) is 11.8 Å². The fraction of sp³-hybridized carbons (Fsp3) is 0.667. The summed E-state index contributed by atoms with van der Waals surface area (Å²) in [6.45, 7) is 3.20. The van der Waals surface area contributed by atoms with E-state index in [2.05, 4.69) is 5.32 Å². The average Bonchev–Trinajstić information content (AvgIpc) is 1.97. The summed E-state index contributed by atoms with van der Waals surface area (Å²) >= 11 is 0. The summed E-state index contributed by atoms with van der Waals surface area (Å²) in [5, 5.41) is 11.5. The molecule has 1 heterocycles. The number of carbonyl (C=O) groups is 1. The molecule has 86 valence electrons. The predicted octanol–water partition coefficient (Wildman–Crippen LogP) is 1.13. The zero-order chi connectivity index (χ0) is 11.9. The Morgan fingerprint density at radius 1 is 1.53 bits per heavy atom. The number of ketones is 1. The predicted molar refractivity (Wildman–Crippen MR) is 47.0 cm³/mol. The molecular weight excluding hydrogens is 211 g/mol. The van der Waals surface area contributed by atoms with Gasteiger partial charge in [0.25, 0.3) is 0 Å². The van der Waals surface area contributed by atoms with E-state index >= 15 is 0 Å². The molecule has 0 saturated heterocycles. The molecule has 0 aromatic rings. The maximum atomic E-state index is 12.2. The van der Waals surface area contributed by atoms with Crippen molar-refractivity contribution in [2.75, 3.05) is 0 Å². The van der Waals surface area contributed by atoms with Gasteiger partial charge in [-0.2, -0.15) is 13.2 Å². The lowest BCUT2D eigenvalue weighted by molar-refractivity contribution is -0.193. The lowest BCUT2D eigenvalue weighted by Crippen LogP contribution is -2.49. The molecule has 0 spiro atoms. The third-order valence-electron chi connectivity index (χ3n) is 2.02. The van der Waals surface area contributed by atoms with Gasteiger partial charge in [0.05, 0.1) is 5.70 Å². The molecule has 0 saturated carbocycles. The Labute approximate surface area is 85.0 Å². The van der Waals surface area contributed by atoms with Crippen molar-refractivity contribution in [3.05, 3.63) is 11.8 Å². The third kappa shape index (κ3) is 2.95. The van der Waals surface area contributed by atoms with Crippen LogP contribution >= 0.6 is 0 Å². The van der Waals surface area contributed by atoms with Gasteiger partial charge < -0.3 is 10.4 Å². The van der Waals surface area contributed by atoms with Gasteiger partial charge in [-0.1, -0.05) is 0 Å². The van der Waals surface area contributed by atoms with E-state index in [0.29, 0.717) is 0 Å². The molecule has 6 heteroatoms. The smallest absolute Gasteiger partial charge is 0.381 e. The summed E-state index contributed by atoms with van der Waals surface area (Å²) in [7, 11) is 0. The van der Waals surface area contributed by atoms with Gasteiger partial charge in [0, 0.05) is 18.0 Å². The van der Waals surface area contributed by atoms with Crippen LogP contribution in [0.25, 0.3) is 0 Å². The first kappa shape index (κ1) is 12.0. The topological polar surface area (TPSA) is 49.3 Å². The van der Waals surface area contributed by atoms with Crippen molar-refractivity contribution in [1.29, 1.82) is 0 Å². The number of hydrogen-bond donors (Lipinski definition) is 2. The van der Waals surface area contributed by atoms with Crippen LogP contribution in [0.3, 0.4) is 0 Å². The molecule has 0 bridgehead atoms. The first-order chi connectivity index (χ1) is 6.62. The van der Waals surface area contributed by atoms with E-state index < -0.39 is 29.3 Å². The van der Waals surface area contributed by atoms with E-state index in [1.807, 2.05) is 0 Å². The number of nitrogens with one attached hydrogen (secondary N) is 1. The van der Waals surface area contributed by atoms with Crippen LogP contribution in [0, 0.1) is 0 Å². The Hall–Kier alpha value is -1.04. The number of alkyl halides is 3. The van der Waals surface area contributed by atoms with Gasteiger partial charge in [0.1, 0.15) is 0 Å². The van der Waals surface area contributed by atoms with Crippen LogP contribution < -0.4 is 5.32 Å². The molecule has 1 aliphatic heterocycles. The van der Waals surface area contributed by atoms with E-state index in [-0.39, 0.29) is 6.42 Å². The van der Waals surface area contributed by atoms with Gasteiger partial charge in [-0.3, -0.25) is 4.79 Å². The summed E-state index contributed by atoms with van der Waals surface area (Å²) in [5.74, 6) is -0.419. The molecule has 1 aliphatic rings. The molecular formula is C9H12F3NO2. The minimum atomic E-state index is -4.76. The van der Waals surface area contributed by atoms with E-state index in [4.69, 9.17) is 5.11 Å². The van der Waals surface area contributed by atoms with Gasteiger partial charge in [-0.25, -0.2) is 0 Å². The average molecular weight is 223 g/mol. The first-order valence-electron chi connectivity index (χ1n) is 4.39. The van der Waals surface area contributed by atoms with Crippen molar-refractivity contribution < 1.29 is 23.1 Å². The van der Waals surface area contributed by atoms with E-state index in [1.165, 1.54) is 0 Å². The normalized spacial score (nSPS) is 23.1. The van der Waals surface area contributed by atoms with Crippen molar-refractivity contribution in [2.24, 2.45) is 0 Å². The Morgan fingerprint density at radius 2 is 2.07 bits per heavy atom. The van der Waals surface area contributed by atoms with E-state index in [9.17, 15) is 18.0 Å². The van der Waals surface area contributed by atoms with Gasteiger partial charge in [-0.15, -0.1) is 0 Å². The lowest BCUT2D eigenvalue weighted by atomic mass is 9.92. The zero-order valence-electron chi connectivity index (χ0n) is 8.35. The van der Waals surface area contributed by atoms with Crippen LogP contribution in [0.5, 0.6) is 0 Å². The van der Waals surface area contributed by atoms with Crippen molar-refractivity contribution in [1.82, 2.24) is 5.32 Å². The summed E-state index contributed by atoms with van der Waals surface area (Å²) in [5.41, 5.74) is -1.24. The molecule has 0 aromatic heterocycles. The van der Waals surface area contributed by atoms with Crippen LogP contribution in [-0.2, 0) is 4.79 Å². The van der Waals surface area contributed by atoms with Crippen LogP contribution in [-0.4, -0.2) is 28.7 Å². The zero-order valence-corrected chi connectivity index (χ0v) is 8.35. The summed E-state index contributed by atoms with van der Waals surface area (Å²) < 4.78 is 36.5. The summed E-state index contributed by atoms with van der Waals surface area (Å²) in [4.78, 5) is 11.1. The SMILES string of the molecule is CC1(C)CC(=O)C=C(C(O)C(F)(F)F)N1. The molecule has 0 amide bonds. The highest BCUT2D eigenvalue weighted by Crippen LogP contribution is 2.28. The molecule has 0 aromatic carbocycles. The minimum absolute atomic E-state index is 0.112. The van der Waals surface area contributed by atoms with Crippen LogP contribution in [0.1, 0.15) is 20.3 Å². The van der Waals surface area contributed by atoms with Gasteiger partial charge >= 0.3 is 6.18 Å². The number of hydrogen-bond acceptors (Lipinski definition) is 3. The van der Waals surface area contributed by atoms with Crippen molar-refractivity contribution in [3.63, 3.8) is 0 Å². The number of rotatable bonds is 1. The number of allylic oxidation sites excluding steroid dienone is 1. The molecule has 1 unspecified atom stereocenters. The fourth-order valence-electron chi connectivity index (χ4n) is 1.45. The third-order valence-corrected chi connectivity index (χ3v) is 2.02. The minimum Gasteiger partial charge on any atom is -0.381 e. The highest BCUT2D eigenvalue weighted by Gasteiger charge is 2.43. The standard InChI is InChI=1S/C9H12F3NO2/c1-8(2)4-5(14)3-6(13-8)7(15)9(10,11)12/h3,7,13,15H,4H2,1-2H3. The second-order valence-corrected chi connectivity index (χ2v) is 4.20. The monoisotopic (exact) mass is 223 g/mol. The van der Waals surface area contributed by atoms with Crippen LogP contribution in [0.2, 0.25) is 0 Å². The number of carbonyl (C=O) groups excluding carboxylic acids is 1. The first-order valence-corrected chi connectivity index (χ1v) is 4.39. The fourth-order valence-corrected chi connectivity index (χ4v) is 1.45. The Kier molecular flexibility index (Phi) is 2.82. The van der Waals surface area contributed by atoms with Crippen molar-refractivity contribution in [2.45, 2.75) is 38.1 Å². The molecule has 1 atom stereocenters. The number of aliphatic hydroxyl groups excluding tert-OH is 1. The highest BCUT2D eigenvalue weighted by atomic mass is 19.4. The van der Waals surface area contributed by atoms with Gasteiger partial charge in [-0.05, 0) is 13.8 Å². The molecule has 2 N–H and O–H groups in total. The van der Waals surface area contributed by atoms with E-state index in [0.717, 1.165) is 6.08 Å². The highest BCUT2D eigenvalue weighted by molar-refractivity contribution is 5.92. The Bertz CT molecular complexity index is 307. The molecule has 0 fully saturated rings. The van der Waals surface area contributed by atoms with Crippen molar-refractivity contribution in [3.8, 4) is 0 Å². The second kappa shape index (κ2) is 3.52. The Morgan fingerprint density at radius 3 is 2.47 bits per heavy atom. The lowest BCUT2D eigenvalue weighted by Gasteiger charge is -2.33. The largest absolute Gasteiger partial charge is 0.420 e. The molecule has 3 nitrogen and oxygen atoms in total. The quantitative estimate of drug-likeness (QED) is 0.700.